The third-order valence-corrected chi connectivity index (χ3v) is 5.96. The van der Waals surface area contributed by atoms with Crippen LogP contribution in [0.3, 0.4) is 0 Å². The average Bonchev–Trinajstić information content (AvgIpc) is 3.11. The first-order chi connectivity index (χ1) is 10.8. The van der Waals surface area contributed by atoms with Crippen LogP contribution >= 0.6 is 11.3 Å². The zero-order valence-electron chi connectivity index (χ0n) is 15.8. The predicted molar refractivity (Wildman–Crippen MR) is 102 cm³/mol. The highest BCUT2D eigenvalue weighted by atomic mass is 32.1. The fraction of sp³-hybridized carbons (Fsp3) is 0.650. The van der Waals surface area contributed by atoms with Gasteiger partial charge in [0.1, 0.15) is 0 Å². The van der Waals surface area contributed by atoms with E-state index in [2.05, 4.69) is 70.8 Å². The van der Waals surface area contributed by atoms with Crippen LogP contribution in [-0.4, -0.2) is 9.55 Å². The average molecular weight is 333 g/mol. The zero-order chi connectivity index (χ0) is 17.1. The lowest BCUT2D eigenvalue weighted by atomic mass is 9.92. The minimum atomic E-state index is 0.540. The van der Waals surface area contributed by atoms with E-state index in [9.17, 15) is 0 Å². The Hall–Kier alpha value is -1.09. The SMILES string of the molecule is CC(C)c1nc(C(C)CCC(C)c2cc(C(C)C)n(C)c2)cs1. The minimum absolute atomic E-state index is 0.540. The van der Waals surface area contributed by atoms with Crippen molar-refractivity contribution in [3.63, 3.8) is 0 Å². The van der Waals surface area contributed by atoms with Crippen LogP contribution in [0.15, 0.2) is 17.6 Å². The van der Waals surface area contributed by atoms with Crippen molar-refractivity contribution in [2.75, 3.05) is 0 Å². The molecule has 0 saturated carbocycles. The second-order valence-electron chi connectivity index (χ2n) is 7.61. The monoisotopic (exact) mass is 332 g/mol. The van der Waals surface area contributed by atoms with Crippen LogP contribution in [0.2, 0.25) is 0 Å². The van der Waals surface area contributed by atoms with Gasteiger partial charge < -0.3 is 4.57 Å². The Labute approximate surface area is 146 Å². The molecule has 0 aliphatic carbocycles. The molecule has 0 aromatic carbocycles. The number of hydrogen-bond donors (Lipinski definition) is 0. The maximum absolute atomic E-state index is 4.82. The molecule has 0 fully saturated rings. The number of nitrogens with zero attached hydrogens (tertiary/aromatic N) is 2. The lowest BCUT2D eigenvalue weighted by Gasteiger charge is -2.13. The molecule has 2 heterocycles. The molecule has 0 aliphatic heterocycles. The Bertz CT molecular complexity index is 621. The minimum Gasteiger partial charge on any atom is -0.354 e. The molecular formula is C20H32N2S. The van der Waals surface area contributed by atoms with E-state index < -0.39 is 0 Å². The lowest BCUT2D eigenvalue weighted by molar-refractivity contribution is 0.565. The van der Waals surface area contributed by atoms with E-state index >= 15 is 0 Å². The second kappa shape index (κ2) is 7.65. The van der Waals surface area contributed by atoms with Crippen LogP contribution in [0.1, 0.15) is 100 Å². The van der Waals surface area contributed by atoms with Gasteiger partial charge in [0.05, 0.1) is 10.7 Å². The molecular weight excluding hydrogens is 300 g/mol. The molecule has 2 aromatic heterocycles. The first-order valence-electron chi connectivity index (χ1n) is 8.91. The van der Waals surface area contributed by atoms with Gasteiger partial charge in [-0.05, 0) is 42.2 Å². The molecule has 0 radical (unpaired) electrons. The summed E-state index contributed by atoms with van der Waals surface area (Å²) < 4.78 is 2.29. The summed E-state index contributed by atoms with van der Waals surface area (Å²) in [6, 6.07) is 2.39. The van der Waals surface area contributed by atoms with Gasteiger partial charge >= 0.3 is 0 Å². The summed E-state index contributed by atoms with van der Waals surface area (Å²) in [5.74, 6) is 2.29. The molecule has 0 bridgehead atoms. The fourth-order valence-electron chi connectivity index (χ4n) is 3.06. The van der Waals surface area contributed by atoms with Gasteiger partial charge in [0, 0.05) is 30.2 Å². The molecule has 0 spiro atoms. The Morgan fingerprint density at radius 1 is 1.00 bits per heavy atom. The first kappa shape index (κ1) is 18.3. The molecule has 0 saturated heterocycles. The van der Waals surface area contributed by atoms with Gasteiger partial charge in [-0.3, -0.25) is 0 Å². The van der Waals surface area contributed by atoms with Crippen LogP contribution < -0.4 is 0 Å². The summed E-state index contributed by atoms with van der Waals surface area (Å²) in [5, 5.41) is 3.52. The van der Waals surface area contributed by atoms with Crippen molar-refractivity contribution >= 4 is 11.3 Å². The number of aromatic nitrogens is 2. The van der Waals surface area contributed by atoms with Crippen LogP contribution in [-0.2, 0) is 7.05 Å². The van der Waals surface area contributed by atoms with E-state index in [1.807, 2.05) is 11.3 Å². The van der Waals surface area contributed by atoms with Crippen molar-refractivity contribution in [1.29, 1.82) is 0 Å². The third-order valence-electron chi connectivity index (χ3n) is 4.80. The number of aryl methyl sites for hydroxylation is 1. The van der Waals surface area contributed by atoms with Crippen molar-refractivity contribution in [2.45, 2.75) is 78.1 Å². The van der Waals surface area contributed by atoms with Crippen molar-refractivity contribution in [2.24, 2.45) is 7.05 Å². The molecule has 128 valence electrons. The van der Waals surface area contributed by atoms with E-state index in [1.165, 1.54) is 34.8 Å². The summed E-state index contributed by atoms with van der Waals surface area (Å²) in [7, 11) is 2.16. The molecule has 2 aromatic rings. The summed E-state index contributed by atoms with van der Waals surface area (Å²) in [6.45, 7) is 13.6. The Balaban J connectivity index is 1.95. The Morgan fingerprint density at radius 2 is 1.65 bits per heavy atom. The molecule has 2 nitrogen and oxygen atoms in total. The lowest BCUT2D eigenvalue weighted by Crippen LogP contribution is -1.99. The van der Waals surface area contributed by atoms with Gasteiger partial charge in [-0.1, -0.05) is 41.5 Å². The van der Waals surface area contributed by atoms with Gasteiger partial charge in [0.25, 0.3) is 0 Å². The highest BCUT2D eigenvalue weighted by Crippen LogP contribution is 2.31. The molecule has 3 heteroatoms. The van der Waals surface area contributed by atoms with Crippen molar-refractivity contribution < 1.29 is 0 Å². The van der Waals surface area contributed by atoms with Gasteiger partial charge in [-0.15, -0.1) is 11.3 Å². The predicted octanol–water partition coefficient (Wildman–Crippen LogP) is 6.42. The van der Waals surface area contributed by atoms with Crippen LogP contribution in [0.5, 0.6) is 0 Å². The number of rotatable bonds is 7. The maximum Gasteiger partial charge on any atom is 0.0953 e. The summed E-state index contributed by atoms with van der Waals surface area (Å²) in [6.07, 6.45) is 4.73. The molecule has 2 atom stereocenters. The van der Waals surface area contributed by atoms with E-state index in [1.54, 1.807) is 0 Å². The van der Waals surface area contributed by atoms with Crippen LogP contribution in [0.25, 0.3) is 0 Å². The Kier molecular flexibility index (Phi) is 6.07. The van der Waals surface area contributed by atoms with E-state index in [0.717, 1.165) is 0 Å². The molecule has 23 heavy (non-hydrogen) atoms. The Morgan fingerprint density at radius 3 is 2.17 bits per heavy atom. The van der Waals surface area contributed by atoms with E-state index in [-0.39, 0.29) is 0 Å². The highest BCUT2D eigenvalue weighted by molar-refractivity contribution is 7.09. The second-order valence-corrected chi connectivity index (χ2v) is 8.50. The van der Waals surface area contributed by atoms with Crippen LogP contribution in [0, 0.1) is 0 Å². The van der Waals surface area contributed by atoms with Gasteiger partial charge in [-0.2, -0.15) is 0 Å². The summed E-state index contributed by atoms with van der Waals surface area (Å²) >= 11 is 1.81. The molecule has 0 aliphatic rings. The van der Waals surface area contributed by atoms with Gasteiger partial charge in [0.15, 0.2) is 0 Å². The van der Waals surface area contributed by atoms with Crippen LogP contribution in [0.4, 0.5) is 0 Å². The van der Waals surface area contributed by atoms with Crippen molar-refractivity contribution in [3.8, 4) is 0 Å². The summed E-state index contributed by atoms with van der Waals surface area (Å²) in [4.78, 5) is 4.82. The number of hydrogen-bond acceptors (Lipinski definition) is 2. The largest absolute Gasteiger partial charge is 0.354 e. The standard InChI is InChI=1S/C20H32N2S/c1-13(2)19-10-17(11-22(19)7)15(5)8-9-16(6)18-12-23-20(21-18)14(3)4/h10-16H,8-9H2,1-7H3. The zero-order valence-corrected chi connectivity index (χ0v) is 16.6. The smallest absolute Gasteiger partial charge is 0.0953 e. The van der Waals surface area contributed by atoms with Gasteiger partial charge in [0.2, 0.25) is 0 Å². The molecule has 2 unspecified atom stereocenters. The highest BCUT2D eigenvalue weighted by Gasteiger charge is 2.16. The third kappa shape index (κ3) is 4.47. The van der Waals surface area contributed by atoms with Crippen molar-refractivity contribution in [1.82, 2.24) is 9.55 Å². The maximum atomic E-state index is 4.82. The summed E-state index contributed by atoms with van der Waals surface area (Å²) in [5.41, 5.74) is 4.19. The molecule has 0 amide bonds. The molecule has 2 rings (SSSR count). The van der Waals surface area contributed by atoms with E-state index in [0.29, 0.717) is 23.7 Å². The fourth-order valence-corrected chi connectivity index (χ4v) is 4.01. The quantitative estimate of drug-likeness (QED) is 0.572. The number of thiazole rings is 1. The van der Waals surface area contributed by atoms with Gasteiger partial charge in [-0.25, -0.2) is 4.98 Å². The van der Waals surface area contributed by atoms with Crippen molar-refractivity contribution in [3.05, 3.63) is 39.6 Å². The van der Waals surface area contributed by atoms with E-state index in [4.69, 9.17) is 4.98 Å². The first-order valence-corrected chi connectivity index (χ1v) is 9.79. The topological polar surface area (TPSA) is 17.8 Å². The molecule has 0 N–H and O–H groups in total. The normalized spacial score (nSPS) is 14.7.